The summed E-state index contributed by atoms with van der Waals surface area (Å²) in [6.07, 6.45) is 1.92. The number of amides is 1. The summed E-state index contributed by atoms with van der Waals surface area (Å²) in [7, 11) is 0. The number of nitrogens with one attached hydrogen (secondary N) is 1. The van der Waals surface area contributed by atoms with E-state index in [0.717, 1.165) is 46.6 Å². The van der Waals surface area contributed by atoms with Crippen molar-refractivity contribution in [1.29, 1.82) is 0 Å². The zero-order valence-electron chi connectivity index (χ0n) is 15.1. The molecule has 5 rings (SSSR count). The van der Waals surface area contributed by atoms with Gasteiger partial charge >= 0.3 is 0 Å². The largest absolute Gasteiger partial charge is 0.378 e. The number of hydrogen-bond donors (Lipinski definition) is 1. The molecule has 0 spiro atoms. The number of hydrogen-bond acceptors (Lipinski definition) is 4. The van der Waals surface area contributed by atoms with E-state index in [9.17, 15) is 4.79 Å². The molecule has 1 fully saturated rings. The average Bonchev–Trinajstić information content (AvgIpc) is 3.03. The number of aromatic nitrogens is 1. The number of halogens is 1. The molecule has 2 aromatic carbocycles. The van der Waals surface area contributed by atoms with Crippen LogP contribution in [0, 0.1) is 0 Å². The van der Waals surface area contributed by atoms with Crippen molar-refractivity contribution in [2.24, 2.45) is 0 Å². The number of para-hydroxylation sites is 1. The van der Waals surface area contributed by atoms with Crippen LogP contribution in [0.15, 0.2) is 48.5 Å². The molecule has 3 heterocycles. The van der Waals surface area contributed by atoms with Crippen LogP contribution in [0.1, 0.15) is 11.1 Å². The predicted octanol–water partition coefficient (Wildman–Crippen LogP) is 4.22. The Morgan fingerprint density at radius 1 is 1.11 bits per heavy atom. The second kappa shape index (κ2) is 6.93. The topological polar surface area (TPSA) is 54.5 Å². The van der Waals surface area contributed by atoms with Gasteiger partial charge in [0.15, 0.2) is 0 Å². The minimum absolute atomic E-state index is 0.127. The molecule has 6 heteroatoms. The molecule has 2 aliphatic heterocycles. The second-order valence-corrected chi connectivity index (χ2v) is 7.33. The Bertz CT molecular complexity index is 1120. The van der Waals surface area contributed by atoms with Gasteiger partial charge in [-0.3, -0.25) is 4.79 Å². The standard InChI is InChI=1S/C22H18ClN3O2/c23-16-5-6-20-17(13-16)18(22(27)25-20)12-15-11-14-3-1-2-4-19(14)24-21(15)26-7-9-28-10-8-26/h1-6,11-13H,7-10H2,(H,25,27). The van der Waals surface area contributed by atoms with Crippen LogP contribution in [-0.4, -0.2) is 37.2 Å². The third-order valence-corrected chi connectivity index (χ3v) is 5.34. The molecule has 0 saturated carbocycles. The third-order valence-electron chi connectivity index (χ3n) is 5.11. The monoisotopic (exact) mass is 391 g/mol. The van der Waals surface area contributed by atoms with Gasteiger partial charge in [-0.15, -0.1) is 0 Å². The smallest absolute Gasteiger partial charge is 0.256 e. The van der Waals surface area contributed by atoms with Crippen LogP contribution in [0.5, 0.6) is 0 Å². The number of fused-ring (bicyclic) bond motifs is 2. The lowest BCUT2D eigenvalue weighted by molar-refractivity contribution is -0.110. The Kier molecular flexibility index (Phi) is 4.26. The molecule has 1 saturated heterocycles. The van der Waals surface area contributed by atoms with Gasteiger partial charge in [-0.05, 0) is 36.4 Å². The molecule has 140 valence electrons. The zero-order valence-corrected chi connectivity index (χ0v) is 15.9. The lowest BCUT2D eigenvalue weighted by Crippen LogP contribution is -2.37. The van der Waals surface area contributed by atoms with E-state index in [1.54, 1.807) is 6.07 Å². The molecule has 5 nitrogen and oxygen atoms in total. The first-order valence-electron chi connectivity index (χ1n) is 9.24. The molecule has 0 unspecified atom stereocenters. The average molecular weight is 392 g/mol. The molecule has 0 aliphatic carbocycles. The maximum Gasteiger partial charge on any atom is 0.256 e. The number of pyridine rings is 1. The highest BCUT2D eigenvalue weighted by Crippen LogP contribution is 2.36. The van der Waals surface area contributed by atoms with E-state index >= 15 is 0 Å². The predicted molar refractivity (Wildman–Crippen MR) is 113 cm³/mol. The van der Waals surface area contributed by atoms with Crippen LogP contribution in [0.2, 0.25) is 5.02 Å². The Morgan fingerprint density at radius 2 is 1.93 bits per heavy atom. The van der Waals surface area contributed by atoms with Gasteiger partial charge in [-0.2, -0.15) is 0 Å². The fourth-order valence-electron chi connectivity index (χ4n) is 3.72. The quantitative estimate of drug-likeness (QED) is 0.664. The highest BCUT2D eigenvalue weighted by molar-refractivity contribution is 6.37. The first kappa shape index (κ1) is 17.2. The molecule has 0 radical (unpaired) electrons. The summed E-state index contributed by atoms with van der Waals surface area (Å²) in [5.74, 6) is 0.746. The Labute approximate surface area is 167 Å². The number of carbonyl (C=O) groups is 1. The summed E-state index contributed by atoms with van der Waals surface area (Å²) < 4.78 is 5.50. The Balaban J connectivity index is 1.69. The molecular formula is C22H18ClN3O2. The summed E-state index contributed by atoms with van der Waals surface area (Å²) in [4.78, 5) is 19.7. The molecule has 0 atom stereocenters. The van der Waals surface area contributed by atoms with E-state index in [-0.39, 0.29) is 5.91 Å². The zero-order chi connectivity index (χ0) is 19.1. The van der Waals surface area contributed by atoms with Gasteiger partial charge in [0.1, 0.15) is 5.82 Å². The molecule has 1 N–H and O–H groups in total. The fourth-order valence-corrected chi connectivity index (χ4v) is 3.89. The fraction of sp³-hybridized carbons (Fsp3) is 0.182. The van der Waals surface area contributed by atoms with Crippen LogP contribution in [0.4, 0.5) is 11.5 Å². The van der Waals surface area contributed by atoms with Crippen LogP contribution >= 0.6 is 11.6 Å². The highest BCUT2D eigenvalue weighted by atomic mass is 35.5. The van der Waals surface area contributed by atoms with Crippen molar-refractivity contribution in [3.8, 4) is 0 Å². The van der Waals surface area contributed by atoms with Crippen molar-refractivity contribution in [3.63, 3.8) is 0 Å². The number of rotatable bonds is 2. The molecule has 1 aromatic heterocycles. The van der Waals surface area contributed by atoms with E-state index < -0.39 is 0 Å². The van der Waals surface area contributed by atoms with E-state index in [4.69, 9.17) is 21.3 Å². The SMILES string of the molecule is O=C1Nc2ccc(Cl)cc2C1=Cc1cc2ccccc2nc1N1CCOCC1. The number of ether oxygens (including phenoxy) is 1. The van der Waals surface area contributed by atoms with Crippen molar-refractivity contribution in [2.45, 2.75) is 0 Å². The van der Waals surface area contributed by atoms with Gasteiger partial charge in [-0.1, -0.05) is 29.8 Å². The molecule has 28 heavy (non-hydrogen) atoms. The summed E-state index contributed by atoms with van der Waals surface area (Å²) in [6, 6.07) is 15.5. The van der Waals surface area contributed by atoms with Crippen molar-refractivity contribution >= 4 is 51.6 Å². The van der Waals surface area contributed by atoms with E-state index in [1.165, 1.54) is 0 Å². The first-order valence-corrected chi connectivity index (χ1v) is 9.62. The lowest BCUT2D eigenvalue weighted by atomic mass is 10.0. The summed E-state index contributed by atoms with van der Waals surface area (Å²) in [5, 5.41) is 4.55. The van der Waals surface area contributed by atoms with Gasteiger partial charge in [0.25, 0.3) is 5.91 Å². The van der Waals surface area contributed by atoms with Gasteiger partial charge in [0.2, 0.25) is 0 Å². The Morgan fingerprint density at radius 3 is 2.79 bits per heavy atom. The molecule has 3 aromatic rings. The highest BCUT2D eigenvalue weighted by Gasteiger charge is 2.25. The minimum atomic E-state index is -0.127. The van der Waals surface area contributed by atoms with Crippen LogP contribution in [0.25, 0.3) is 22.6 Å². The lowest BCUT2D eigenvalue weighted by Gasteiger charge is -2.29. The van der Waals surface area contributed by atoms with Gasteiger partial charge < -0.3 is 15.0 Å². The van der Waals surface area contributed by atoms with Crippen molar-refractivity contribution in [2.75, 3.05) is 36.5 Å². The number of carbonyl (C=O) groups excluding carboxylic acids is 1. The van der Waals surface area contributed by atoms with Crippen LogP contribution in [-0.2, 0) is 9.53 Å². The van der Waals surface area contributed by atoms with Crippen molar-refractivity contribution < 1.29 is 9.53 Å². The van der Waals surface area contributed by atoms with Gasteiger partial charge in [0, 0.05) is 45.9 Å². The molecule has 2 aliphatic rings. The second-order valence-electron chi connectivity index (χ2n) is 6.90. The van der Waals surface area contributed by atoms with Gasteiger partial charge in [-0.25, -0.2) is 4.98 Å². The third kappa shape index (κ3) is 3.03. The van der Waals surface area contributed by atoms with Crippen molar-refractivity contribution in [1.82, 2.24) is 4.98 Å². The number of nitrogens with zero attached hydrogens (tertiary/aromatic N) is 2. The summed E-state index contributed by atoms with van der Waals surface area (Å²) in [6.45, 7) is 2.89. The molecular weight excluding hydrogens is 374 g/mol. The number of anilines is 2. The van der Waals surface area contributed by atoms with E-state index in [0.29, 0.717) is 23.8 Å². The number of benzene rings is 2. The normalized spacial score (nSPS) is 17.8. The van der Waals surface area contributed by atoms with Crippen LogP contribution in [0.3, 0.4) is 0 Å². The van der Waals surface area contributed by atoms with Crippen molar-refractivity contribution in [3.05, 3.63) is 64.7 Å². The molecule has 0 bridgehead atoms. The summed E-state index contributed by atoms with van der Waals surface area (Å²) in [5.41, 5.74) is 4.05. The maximum absolute atomic E-state index is 12.6. The minimum Gasteiger partial charge on any atom is -0.378 e. The first-order chi connectivity index (χ1) is 13.7. The maximum atomic E-state index is 12.6. The Hall–Kier alpha value is -2.89. The van der Waals surface area contributed by atoms with E-state index in [1.807, 2.05) is 42.5 Å². The number of morpholine rings is 1. The van der Waals surface area contributed by atoms with Gasteiger partial charge in [0.05, 0.1) is 18.7 Å². The van der Waals surface area contributed by atoms with E-state index in [2.05, 4.69) is 16.3 Å². The van der Waals surface area contributed by atoms with Crippen LogP contribution < -0.4 is 10.2 Å². The summed E-state index contributed by atoms with van der Waals surface area (Å²) >= 11 is 6.17. The molecule has 1 amide bonds.